The van der Waals surface area contributed by atoms with E-state index in [9.17, 15) is 14.4 Å². The number of hydrogen-bond acceptors (Lipinski definition) is 7. The van der Waals surface area contributed by atoms with Crippen LogP contribution in [-0.2, 0) is 41.6 Å². The van der Waals surface area contributed by atoms with E-state index >= 15 is 0 Å². The first-order chi connectivity index (χ1) is 16.6. The molecule has 0 fully saturated rings. The van der Waals surface area contributed by atoms with E-state index in [1.807, 2.05) is 52.0 Å². The fourth-order valence-corrected chi connectivity index (χ4v) is 3.23. The second-order valence-corrected chi connectivity index (χ2v) is 10.8. The maximum Gasteiger partial charge on any atom is 0.407 e. The Hall–Kier alpha value is -2.65. The van der Waals surface area contributed by atoms with E-state index in [1.54, 1.807) is 20.8 Å². The number of esters is 1. The summed E-state index contributed by atoms with van der Waals surface area (Å²) in [5.74, 6) is -0.803. The van der Waals surface area contributed by atoms with Gasteiger partial charge in [-0.2, -0.15) is 0 Å². The summed E-state index contributed by atoms with van der Waals surface area (Å²) < 4.78 is 21.9. The second kappa shape index (κ2) is 14.8. The Balaban J connectivity index is 2.47. The number of ether oxygens (including phenoxy) is 4. The number of aryl methyl sites for hydroxylation is 1. The van der Waals surface area contributed by atoms with E-state index in [-0.39, 0.29) is 25.1 Å². The molecule has 0 radical (unpaired) electrons. The van der Waals surface area contributed by atoms with Crippen molar-refractivity contribution in [3.63, 3.8) is 0 Å². The summed E-state index contributed by atoms with van der Waals surface area (Å²) >= 11 is 0. The Morgan fingerprint density at radius 3 is 2.08 bits per heavy atom. The molecule has 1 rings (SSSR count). The molecule has 3 N–H and O–H groups in total. The number of benzene rings is 1. The highest BCUT2D eigenvalue weighted by molar-refractivity contribution is 5.74. The van der Waals surface area contributed by atoms with Crippen LogP contribution >= 0.6 is 0 Å². The molecule has 0 saturated carbocycles. The van der Waals surface area contributed by atoms with Crippen molar-refractivity contribution in [2.24, 2.45) is 5.73 Å². The fraction of sp³-hybridized carbons (Fsp3) is 0.667. The lowest BCUT2D eigenvalue weighted by atomic mass is 10.1. The van der Waals surface area contributed by atoms with Crippen LogP contribution in [0.1, 0.15) is 78.9 Å². The highest BCUT2D eigenvalue weighted by Gasteiger charge is 2.24. The molecule has 0 aliphatic rings. The average molecular weight is 509 g/mol. The summed E-state index contributed by atoms with van der Waals surface area (Å²) in [6.45, 7) is 13.4. The second-order valence-electron chi connectivity index (χ2n) is 10.8. The number of primary amides is 1. The molecule has 0 bridgehead atoms. The summed E-state index contributed by atoms with van der Waals surface area (Å²) in [7, 11) is 0. The summed E-state index contributed by atoms with van der Waals surface area (Å²) in [6, 6.07) is 7.61. The van der Waals surface area contributed by atoms with Crippen molar-refractivity contribution >= 4 is 18.0 Å². The molecule has 0 spiro atoms. The van der Waals surface area contributed by atoms with Gasteiger partial charge in [-0.25, -0.2) is 9.59 Å². The number of nitrogens with two attached hydrogens (primary N) is 1. The largest absolute Gasteiger partial charge is 0.458 e. The van der Waals surface area contributed by atoms with E-state index in [1.165, 1.54) is 0 Å². The van der Waals surface area contributed by atoms with Crippen LogP contribution in [-0.4, -0.2) is 54.5 Å². The molecule has 1 aromatic carbocycles. The summed E-state index contributed by atoms with van der Waals surface area (Å²) in [4.78, 5) is 35.1. The Labute approximate surface area is 215 Å². The van der Waals surface area contributed by atoms with E-state index in [4.69, 9.17) is 24.7 Å². The molecule has 0 aliphatic carbocycles. The summed E-state index contributed by atoms with van der Waals surface area (Å²) in [5, 5.41) is 2.79. The molecule has 204 valence electrons. The molecule has 2 amide bonds. The van der Waals surface area contributed by atoms with Gasteiger partial charge in [-0.1, -0.05) is 24.3 Å². The average Bonchev–Trinajstić information content (AvgIpc) is 2.73. The van der Waals surface area contributed by atoms with Gasteiger partial charge in [0.15, 0.2) is 0 Å². The number of hydrogen-bond donors (Lipinski definition) is 2. The van der Waals surface area contributed by atoms with Gasteiger partial charge >= 0.3 is 12.1 Å². The van der Waals surface area contributed by atoms with Crippen LogP contribution in [0.15, 0.2) is 24.3 Å². The molecule has 0 aromatic heterocycles. The van der Waals surface area contributed by atoms with Gasteiger partial charge in [-0.05, 0) is 78.9 Å². The standard InChI is InChI=1S/C27H44N2O7/c1-19(22(14-15-23(28)30)29-25(32)36-27(5,6)7)34-17-21-12-10-20(11-13-21)9-8-16-33-18-24(31)35-26(2,3)4/h10-13,19,22H,8-9,14-18H2,1-7H3,(H2,28,30)(H,29,32)/t19-,22+/m1/s1. The van der Waals surface area contributed by atoms with Crippen molar-refractivity contribution in [2.75, 3.05) is 13.2 Å². The molecule has 0 saturated heterocycles. The number of carbonyl (C=O) groups excluding carboxylic acids is 3. The van der Waals surface area contributed by atoms with Gasteiger partial charge < -0.3 is 30.0 Å². The number of amides is 2. The lowest BCUT2D eigenvalue weighted by Crippen LogP contribution is -2.45. The third-order valence-corrected chi connectivity index (χ3v) is 4.90. The maximum absolute atomic E-state index is 12.2. The van der Waals surface area contributed by atoms with Crippen LogP contribution in [0, 0.1) is 0 Å². The summed E-state index contributed by atoms with van der Waals surface area (Å²) in [5.41, 5.74) is 6.28. The Kier molecular flexibility index (Phi) is 12.9. The van der Waals surface area contributed by atoms with Crippen molar-refractivity contribution in [3.8, 4) is 0 Å². The fourth-order valence-electron chi connectivity index (χ4n) is 3.23. The number of rotatable bonds is 14. The molecular formula is C27H44N2O7. The lowest BCUT2D eigenvalue weighted by molar-refractivity contribution is -0.160. The molecule has 0 heterocycles. The van der Waals surface area contributed by atoms with Gasteiger partial charge in [-0.3, -0.25) is 4.79 Å². The summed E-state index contributed by atoms with van der Waals surface area (Å²) in [6.07, 6.45) is 1.16. The predicted octanol–water partition coefficient (Wildman–Crippen LogP) is 4.04. The molecular weight excluding hydrogens is 464 g/mol. The number of carbonyl (C=O) groups is 3. The van der Waals surface area contributed by atoms with E-state index in [0.29, 0.717) is 19.6 Å². The SMILES string of the molecule is C[C@@H](OCc1ccc(CCCOCC(=O)OC(C)(C)C)cc1)[C@H](CCC(N)=O)NC(=O)OC(C)(C)C. The van der Waals surface area contributed by atoms with E-state index in [0.717, 1.165) is 24.0 Å². The van der Waals surface area contributed by atoms with Crippen LogP contribution in [0.3, 0.4) is 0 Å². The quantitative estimate of drug-likeness (QED) is 0.287. The van der Waals surface area contributed by atoms with Crippen LogP contribution < -0.4 is 11.1 Å². The minimum absolute atomic E-state index is 0.0467. The molecule has 1 aromatic rings. The first-order valence-corrected chi connectivity index (χ1v) is 12.4. The lowest BCUT2D eigenvalue weighted by Gasteiger charge is -2.27. The smallest absolute Gasteiger partial charge is 0.407 e. The third-order valence-electron chi connectivity index (χ3n) is 4.90. The van der Waals surface area contributed by atoms with Crippen molar-refractivity contribution in [1.82, 2.24) is 5.32 Å². The molecule has 2 atom stereocenters. The normalized spacial score (nSPS) is 13.5. The predicted molar refractivity (Wildman–Crippen MR) is 137 cm³/mol. The Morgan fingerprint density at radius 2 is 1.53 bits per heavy atom. The molecule has 0 unspecified atom stereocenters. The Bertz CT molecular complexity index is 826. The first-order valence-electron chi connectivity index (χ1n) is 12.4. The molecule has 9 nitrogen and oxygen atoms in total. The highest BCUT2D eigenvalue weighted by Crippen LogP contribution is 2.14. The van der Waals surface area contributed by atoms with Crippen molar-refractivity contribution < 1.29 is 33.3 Å². The molecule has 9 heteroatoms. The van der Waals surface area contributed by atoms with E-state index in [2.05, 4.69) is 5.32 Å². The van der Waals surface area contributed by atoms with Gasteiger partial charge in [0, 0.05) is 13.0 Å². The topological polar surface area (TPSA) is 126 Å². The zero-order valence-corrected chi connectivity index (χ0v) is 22.8. The van der Waals surface area contributed by atoms with Crippen molar-refractivity contribution in [3.05, 3.63) is 35.4 Å². The van der Waals surface area contributed by atoms with Gasteiger partial charge in [0.25, 0.3) is 0 Å². The van der Waals surface area contributed by atoms with Crippen LogP contribution in [0.25, 0.3) is 0 Å². The highest BCUT2D eigenvalue weighted by atomic mass is 16.6. The number of nitrogens with one attached hydrogen (secondary N) is 1. The van der Waals surface area contributed by atoms with Gasteiger partial charge in [0.1, 0.15) is 17.8 Å². The van der Waals surface area contributed by atoms with Gasteiger partial charge in [0.05, 0.1) is 18.8 Å². The maximum atomic E-state index is 12.2. The minimum atomic E-state index is -0.631. The van der Waals surface area contributed by atoms with Crippen molar-refractivity contribution in [1.29, 1.82) is 0 Å². The zero-order chi connectivity index (χ0) is 27.4. The van der Waals surface area contributed by atoms with Gasteiger partial charge in [0.2, 0.25) is 5.91 Å². The molecule has 0 aliphatic heterocycles. The van der Waals surface area contributed by atoms with Crippen LogP contribution in [0.5, 0.6) is 0 Å². The molecule has 36 heavy (non-hydrogen) atoms. The minimum Gasteiger partial charge on any atom is -0.458 e. The number of alkyl carbamates (subject to hydrolysis) is 1. The zero-order valence-electron chi connectivity index (χ0n) is 22.8. The third kappa shape index (κ3) is 15.4. The Morgan fingerprint density at radius 1 is 0.944 bits per heavy atom. The van der Waals surface area contributed by atoms with Gasteiger partial charge in [-0.15, -0.1) is 0 Å². The monoisotopic (exact) mass is 508 g/mol. The van der Waals surface area contributed by atoms with E-state index < -0.39 is 29.2 Å². The van der Waals surface area contributed by atoms with Crippen LogP contribution in [0.4, 0.5) is 4.79 Å². The first kappa shape index (κ1) is 31.4. The van der Waals surface area contributed by atoms with Crippen LogP contribution in [0.2, 0.25) is 0 Å². The van der Waals surface area contributed by atoms with Crippen molar-refractivity contribution in [2.45, 2.75) is 104 Å².